The van der Waals surface area contributed by atoms with Crippen molar-refractivity contribution in [2.24, 2.45) is 0 Å². The highest BCUT2D eigenvalue weighted by molar-refractivity contribution is 7.13. The highest BCUT2D eigenvalue weighted by Gasteiger charge is 2.16. The number of hydrogen-bond donors (Lipinski definition) is 1. The van der Waals surface area contributed by atoms with Crippen LogP contribution in [0, 0.1) is 0 Å². The number of nitrogens with zero attached hydrogens (tertiary/aromatic N) is 3. The van der Waals surface area contributed by atoms with Gasteiger partial charge < -0.3 is 5.43 Å². The van der Waals surface area contributed by atoms with Crippen molar-refractivity contribution in [2.75, 3.05) is 12.5 Å². The summed E-state index contributed by atoms with van der Waals surface area (Å²) in [6.45, 7) is 4.09. The Bertz CT molecular complexity index is 576. The highest BCUT2D eigenvalue weighted by Crippen LogP contribution is 2.20. The summed E-state index contributed by atoms with van der Waals surface area (Å²) >= 11 is 1.49. The lowest BCUT2D eigenvalue weighted by atomic mass is 10.1. The predicted octanol–water partition coefficient (Wildman–Crippen LogP) is 2.05. The molecule has 0 saturated heterocycles. The van der Waals surface area contributed by atoms with E-state index in [1.165, 1.54) is 16.0 Å². The van der Waals surface area contributed by atoms with Crippen LogP contribution >= 0.6 is 11.3 Å². The smallest absolute Gasteiger partial charge is 0.299 e. The topological polar surface area (TPSA) is 59.8 Å². The third-order valence-corrected chi connectivity index (χ3v) is 3.80. The molecule has 2 heterocycles. The number of aromatic nitrogens is 3. The van der Waals surface area contributed by atoms with Crippen LogP contribution in [0.2, 0.25) is 0 Å². The molecule has 2 aromatic rings. The lowest BCUT2D eigenvalue weighted by Crippen LogP contribution is -2.33. The maximum absolute atomic E-state index is 12.3. The van der Waals surface area contributed by atoms with Gasteiger partial charge in [-0.05, 0) is 17.9 Å². The third-order valence-electron chi connectivity index (χ3n) is 2.92. The van der Waals surface area contributed by atoms with Crippen molar-refractivity contribution in [3.63, 3.8) is 0 Å². The SMILES string of the molecule is CCC(C)c1nnc(-c2cccs2)c(=O)n1NC. The molecule has 0 fully saturated rings. The maximum Gasteiger partial charge on any atom is 0.299 e. The van der Waals surface area contributed by atoms with Gasteiger partial charge in [-0.1, -0.05) is 19.9 Å². The Morgan fingerprint density at radius 1 is 1.50 bits per heavy atom. The largest absolute Gasteiger partial charge is 0.324 e. The van der Waals surface area contributed by atoms with Crippen LogP contribution in [-0.4, -0.2) is 21.9 Å². The van der Waals surface area contributed by atoms with Crippen molar-refractivity contribution >= 4 is 11.3 Å². The van der Waals surface area contributed by atoms with Crippen LogP contribution in [0.3, 0.4) is 0 Å². The minimum absolute atomic E-state index is 0.148. The van der Waals surface area contributed by atoms with Gasteiger partial charge in [-0.3, -0.25) is 4.79 Å². The van der Waals surface area contributed by atoms with Gasteiger partial charge in [-0.15, -0.1) is 21.5 Å². The Morgan fingerprint density at radius 3 is 2.83 bits per heavy atom. The van der Waals surface area contributed by atoms with E-state index in [0.717, 1.165) is 11.3 Å². The van der Waals surface area contributed by atoms with E-state index >= 15 is 0 Å². The molecule has 2 rings (SSSR count). The van der Waals surface area contributed by atoms with E-state index in [9.17, 15) is 4.79 Å². The second kappa shape index (κ2) is 5.30. The fourth-order valence-corrected chi connectivity index (χ4v) is 2.38. The molecule has 0 saturated carbocycles. The van der Waals surface area contributed by atoms with Crippen LogP contribution in [0.25, 0.3) is 10.6 Å². The molecule has 96 valence electrons. The van der Waals surface area contributed by atoms with E-state index in [-0.39, 0.29) is 11.5 Å². The van der Waals surface area contributed by atoms with Gasteiger partial charge in [0.15, 0.2) is 11.5 Å². The molecule has 5 nitrogen and oxygen atoms in total. The molecule has 0 spiro atoms. The molecule has 0 bridgehead atoms. The van der Waals surface area contributed by atoms with E-state index in [1.807, 2.05) is 24.4 Å². The summed E-state index contributed by atoms with van der Waals surface area (Å²) < 4.78 is 1.48. The normalized spacial score (nSPS) is 12.4. The zero-order valence-electron chi connectivity index (χ0n) is 10.7. The van der Waals surface area contributed by atoms with Crippen LogP contribution in [0.15, 0.2) is 22.3 Å². The van der Waals surface area contributed by atoms with Crippen molar-refractivity contribution in [3.8, 4) is 10.6 Å². The quantitative estimate of drug-likeness (QED) is 0.918. The lowest BCUT2D eigenvalue weighted by Gasteiger charge is -2.15. The lowest BCUT2D eigenvalue weighted by molar-refractivity contribution is 0.598. The van der Waals surface area contributed by atoms with E-state index in [4.69, 9.17) is 0 Å². The molecule has 6 heteroatoms. The molecule has 0 aromatic carbocycles. The summed E-state index contributed by atoms with van der Waals surface area (Å²) in [6, 6.07) is 3.77. The first-order valence-corrected chi connectivity index (χ1v) is 6.78. The summed E-state index contributed by atoms with van der Waals surface area (Å²) in [6.07, 6.45) is 0.911. The zero-order valence-corrected chi connectivity index (χ0v) is 11.5. The van der Waals surface area contributed by atoms with Crippen LogP contribution in [0.5, 0.6) is 0 Å². The number of rotatable bonds is 4. The Labute approximate surface area is 109 Å². The van der Waals surface area contributed by atoms with E-state index in [0.29, 0.717) is 11.5 Å². The molecule has 0 aliphatic heterocycles. The molecule has 2 aromatic heterocycles. The second-order valence-corrected chi connectivity index (χ2v) is 5.01. The first kappa shape index (κ1) is 12.8. The van der Waals surface area contributed by atoms with Crippen LogP contribution < -0.4 is 11.0 Å². The summed E-state index contributed by atoms with van der Waals surface area (Å²) in [7, 11) is 1.72. The summed E-state index contributed by atoms with van der Waals surface area (Å²) in [5.74, 6) is 0.861. The second-order valence-electron chi connectivity index (χ2n) is 4.06. The Balaban J connectivity index is 2.58. The predicted molar refractivity (Wildman–Crippen MR) is 73.6 cm³/mol. The first-order valence-electron chi connectivity index (χ1n) is 5.90. The van der Waals surface area contributed by atoms with E-state index in [2.05, 4.69) is 22.5 Å². The monoisotopic (exact) mass is 264 g/mol. The average Bonchev–Trinajstić information content (AvgIpc) is 2.91. The number of hydrogen-bond acceptors (Lipinski definition) is 5. The standard InChI is InChI=1S/C12H16N4OS/c1-4-8(2)11-15-14-10(9-6-5-7-18-9)12(17)16(11)13-3/h5-8,13H,4H2,1-3H3. The molecule has 0 amide bonds. The van der Waals surface area contributed by atoms with Gasteiger partial charge in [0, 0.05) is 13.0 Å². The van der Waals surface area contributed by atoms with E-state index < -0.39 is 0 Å². The Morgan fingerprint density at radius 2 is 2.28 bits per heavy atom. The highest BCUT2D eigenvalue weighted by atomic mass is 32.1. The van der Waals surface area contributed by atoms with Crippen molar-refractivity contribution in [3.05, 3.63) is 33.7 Å². The van der Waals surface area contributed by atoms with Gasteiger partial charge in [-0.2, -0.15) is 0 Å². The molecule has 1 atom stereocenters. The third kappa shape index (κ3) is 2.15. The fourth-order valence-electron chi connectivity index (χ4n) is 1.68. The summed E-state index contributed by atoms with van der Waals surface area (Å²) in [4.78, 5) is 13.2. The van der Waals surface area contributed by atoms with E-state index in [1.54, 1.807) is 7.05 Å². The fraction of sp³-hybridized carbons (Fsp3) is 0.417. The van der Waals surface area contributed by atoms with Gasteiger partial charge in [0.05, 0.1) is 4.88 Å². The zero-order chi connectivity index (χ0) is 13.1. The van der Waals surface area contributed by atoms with Crippen molar-refractivity contribution in [1.29, 1.82) is 0 Å². The molecule has 1 unspecified atom stereocenters. The van der Waals surface area contributed by atoms with Gasteiger partial charge in [0.1, 0.15) is 0 Å². The van der Waals surface area contributed by atoms with Gasteiger partial charge in [0.25, 0.3) is 5.56 Å². The molecule has 0 radical (unpaired) electrons. The van der Waals surface area contributed by atoms with Crippen LogP contribution in [-0.2, 0) is 0 Å². The maximum atomic E-state index is 12.3. The van der Waals surface area contributed by atoms with Crippen LogP contribution in [0.4, 0.5) is 0 Å². The van der Waals surface area contributed by atoms with Gasteiger partial charge in [-0.25, -0.2) is 4.68 Å². The molecule has 0 aliphatic carbocycles. The summed E-state index contributed by atoms with van der Waals surface area (Å²) in [5.41, 5.74) is 3.13. The van der Waals surface area contributed by atoms with Crippen molar-refractivity contribution in [1.82, 2.24) is 14.9 Å². The minimum Gasteiger partial charge on any atom is -0.324 e. The first-order chi connectivity index (χ1) is 8.69. The Hall–Kier alpha value is -1.69. The van der Waals surface area contributed by atoms with Gasteiger partial charge in [0.2, 0.25) is 0 Å². The minimum atomic E-state index is -0.148. The summed E-state index contributed by atoms with van der Waals surface area (Å²) in [5, 5.41) is 10.2. The van der Waals surface area contributed by atoms with Crippen molar-refractivity contribution < 1.29 is 0 Å². The molecule has 18 heavy (non-hydrogen) atoms. The Kier molecular flexibility index (Phi) is 3.76. The molecular formula is C12H16N4OS. The average molecular weight is 264 g/mol. The van der Waals surface area contributed by atoms with Gasteiger partial charge >= 0.3 is 0 Å². The number of thiophene rings is 1. The molecule has 0 aliphatic rings. The van der Waals surface area contributed by atoms with Crippen molar-refractivity contribution in [2.45, 2.75) is 26.2 Å². The molecule has 1 N–H and O–H groups in total. The van der Waals surface area contributed by atoms with Crippen LogP contribution in [0.1, 0.15) is 32.0 Å². The molecular weight excluding hydrogens is 248 g/mol. The number of nitrogens with one attached hydrogen (secondary N) is 1.